The van der Waals surface area contributed by atoms with Crippen LogP contribution in [0.2, 0.25) is 0 Å². The highest BCUT2D eigenvalue weighted by molar-refractivity contribution is 5.71. The van der Waals surface area contributed by atoms with Crippen LogP contribution in [-0.4, -0.2) is 5.11 Å². The number of hydrogen-bond donors (Lipinski definition) is 1. The molecule has 1 N–H and O–H groups in total. The molecule has 0 amide bonds. The zero-order valence-electron chi connectivity index (χ0n) is 8.99. The van der Waals surface area contributed by atoms with Crippen molar-refractivity contribution in [1.29, 1.82) is 0 Å². The highest BCUT2D eigenvalue weighted by Crippen LogP contribution is 2.29. The average Bonchev–Trinajstić information content (AvgIpc) is 2.23. The monoisotopic (exact) mass is 198 g/mol. The van der Waals surface area contributed by atoms with Gasteiger partial charge in [0, 0.05) is 0 Å². The molecule has 0 aromatic heterocycles. The summed E-state index contributed by atoms with van der Waals surface area (Å²) in [6, 6.07) is 13.7. The Bertz CT molecular complexity index is 486. The summed E-state index contributed by atoms with van der Waals surface area (Å²) in [7, 11) is 0. The van der Waals surface area contributed by atoms with E-state index < -0.39 is 0 Å². The topological polar surface area (TPSA) is 20.2 Å². The summed E-state index contributed by atoms with van der Waals surface area (Å²) in [5.74, 6) is 0.318. The van der Waals surface area contributed by atoms with Crippen LogP contribution in [0, 0.1) is 13.8 Å². The Kier molecular flexibility index (Phi) is 2.46. The van der Waals surface area contributed by atoms with Crippen molar-refractivity contribution < 1.29 is 5.11 Å². The molecule has 0 aliphatic heterocycles. The fourth-order valence-corrected chi connectivity index (χ4v) is 1.78. The Morgan fingerprint density at radius 1 is 0.800 bits per heavy atom. The fourth-order valence-electron chi connectivity index (χ4n) is 1.78. The van der Waals surface area contributed by atoms with Gasteiger partial charge in [0.15, 0.2) is 0 Å². The van der Waals surface area contributed by atoms with Crippen molar-refractivity contribution >= 4 is 0 Å². The maximum absolute atomic E-state index is 9.49. The third-order valence-electron chi connectivity index (χ3n) is 2.66. The molecule has 76 valence electrons. The molecule has 1 nitrogen and oxygen atoms in total. The molecule has 15 heavy (non-hydrogen) atoms. The van der Waals surface area contributed by atoms with Gasteiger partial charge in [-0.05, 0) is 48.2 Å². The van der Waals surface area contributed by atoms with Crippen LogP contribution in [0.5, 0.6) is 5.75 Å². The summed E-state index contributed by atoms with van der Waals surface area (Å²) in [5, 5.41) is 9.49. The van der Waals surface area contributed by atoms with Gasteiger partial charge in [0.2, 0.25) is 0 Å². The quantitative estimate of drug-likeness (QED) is 0.741. The second-order valence-corrected chi connectivity index (χ2v) is 3.81. The Morgan fingerprint density at radius 3 is 2.20 bits per heavy atom. The van der Waals surface area contributed by atoms with E-state index in [0.29, 0.717) is 5.75 Å². The lowest BCUT2D eigenvalue weighted by molar-refractivity contribution is 0.475. The fraction of sp³-hybridized carbons (Fsp3) is 0.143. The maximum atomic E-state index is 9.49. The Hall–Kier alpha value is -1.76. The van der Waals surface area contributed by atoms with Crippen molar-refractivity contribution in [3.05, 3.63) is 53.6 Å². The highest BCUT2D eigenvalue weighted by Gasteiger charge is 2.04. The summed E-state index contributed by atoms with van der Waals surface area (Å²) in [6.07, 6.45) is 0. The molecule has 2 aromatic carbocycles. The average molecular weight is 198 g/mol. The van der Waals surface area contributed by atoms with E-state index in [2.05, 4.69) is 26.0 Å². The number of rotatable bonds is 1. The molecule has 0 unspecified atom stereocenters. The van der Waals surface area contributed by atoms with Crippen LogP contribution >= 0.6 is 0 Å². The number of aryl methyl sites for hydroxylation is 2. The van der Waals surface area contributed by atoms with Crippen LogP contribution in [0.3, 0.4) is 0 Å². The van der Waals surface area contributed by atoms with Gasteiger partial charge in [-0.3, -0.25) is 0 Å². The molecular formula is C14H14O. The van der Waals surface area contributed by atoms with Crippen molar-refractivity contribution in [3.63, 3.8) is 0 Å². The molecule has 0 radical (unpaired) electrons. The van der Waals surface area contributed by atoms with Gasteiger partial charge in [0.1, 0.15) is 5.75 Å². The molecule has 0 saturated heterocycles. The van der Waals surface area contributed by atoms with E-state index in [0.717, 1.165) is 5.56 Å². The van der Waals surface area contributed by atoms with E-state index in [1.807, 2.05) is 24.3 Å². The Labute approximate surface area is 90.0 Å². The first kappa shape index (κ1) is 9.78. The minimum Gasteiger partial charge on any atom is -0.508 e. The van der Waals surface area contributed by atoms with E-state index in [4.69, 9.17) is 0 Å². The van der Waals surface area contributed by atoms with Crippen molar-refractivity contribution in [3.8, 4) is 16.9 Å². The molecular weight excluding hydrogens is 184 g/mol. The lowest BCUT2D eigenvalue weighted by atomic mass is 9.96. The number of benzene rings is 2. The predicted octanol–water partition coefficient (Wildman–Crippen LogP) is 3.68. The first-order valence-corrected chi connectivity index (χ1v) is 5.04. The van der Waals surface area contributed by atoms with E-state index in [-0.39, 0.29) is 0 Å². The third kappa shape index (κ3) is 1.86. The van der Waals surface area contributed by atoms with Crippen molar-refractivity contribution in [2.75, 3.05) is 0 Å². The van der Waals surface area contributed by atoms with Crippen LogP contribution in [0.25, 0.3) is 11.1 Å². The number of aromatic hydroxyl groups is 1. The predicted molar refractivity (Wildman–Crippen MR) is 63.0 cm³/mol. The molecule has 2 rings (SSSR count). The Morgan fingerprint density at radius 2 is 1.47 bits per heavy atom. The van der Waals surface area contributed by atoms with Gasteiger partial charge < -0.3 is 5.11 Å². The van der Waals surface area contributed by atoms with Gasteiger partial charge in [0.05, 0.1) is 0 Å². The van der Waals surface area contributed by atoms with Gasteiger partial charge in [-0.25, -0.2) is 0 Å². The number of phenols is 1. The molecule has 0 spiro atoms. The van der Waals surface area contributed by atoms with Gasteiger partial charge in [-0.15, -0.1) is 0 Å². The molecule has 1 heteroatoms. The zero-order valence-corrected chi connectivity index (χ0v) is 8.99. The minimum absolute atomic E-state index is 0.318. The van der Waals surface area contributed by atoms with Crippen LogP contribution in [-0.2, 0) is 0 Å². The standard InChI is InChI=1S/C14H14O/c1-10-5-3-4-6-13(10)14-9-12(15)8-7-11(14)2/h3-9,15H,1-2H3. The second kappa shape index (κ2) is 3.77. The lowest BCUT2D eigenvalue weighted by Gasteiger charge is -2.09. The molecule has 0 bridgehead atoms. The van der Waals surface area contributed by atoms with Crippen LogP contribution < -0.4 is 0 Å². The molecule has 2 aromatic rings. The van der Waals surface area contributed by atoms with E-state index in [9.17, 15) is 5.11 Å². The first-order valence-electron chi connectivity index (χ1n) is 5.04. The van der Waals surface area contributed by atoms with Gasteiger partial charge in [0.25, 0.3) is 0 Å². The number of phenolic OH excluding ortho intramolecular Hbond substituents is 1. The van der Waals surface area contributed by atoms with E-state index >= 15 is 0 Å². The summed E-state index contributed by atoms with van der Waals surface area (Å²) >= 11 is 0. The normalized spacial score (nSPS) is 10.3. The number of hydrogen-bond acceptors (Lipinski definition) is 1. The van der Waals surface area contributed by atoms with E-state index in [1.165, 1.54) is 16.7 Å². The highest BCUT2D eigenvalue weighted by atomic mass is 16.3. The van der Waals surface area contributed by atoms with Crippen molar-refractivity contribution in [2.45, 2.75) is 13.8 Å². The molecule has 0 fully saturated rings. The van der Waals surface area contributed by atoms with Crippen LogP contribution in [0.4, 0.5) is 0 Å². The Balaban J connectivity index is 2.64. The van der Waals surface area contributed by atoms with Crippen LogP contribution in [0.1, 0.15) is 11.1 Å². The van der Waals surface area contributed by atoms with Crippen molar-refractivity contribution in [2.24, 2.45) is 0 Å². The van der Waals surface area contributed by atoms with Gasteiger partial charge in [-0.1, -0.05) is 30.3 Å². The molecule has 0 aliphatic rings. The maximum Gasteiger partial charge on any atom is 0.116 e. The largest absolute Gasteiger partial charge is 0.508 e. The van der Waals surface area contributed by atoms with Crippen LogP contribution in [0.15, 0.2) is 42.5 Å². The molecule has 0 atom stereocenters. The first-order chi connectivity index (χ1) is 7.18. The lowest BCUT2D eigenvalue weighted by Crippen LogP contribution is -1.86. The SMILES string of the molecule is Cc1ccccc1-c1cc(O)ccc1C. The summed E-state index contributed by atoms with van der Waals surface area (Å²) in [5.41, 5.74) is 4.70. The van der Waals surface area contributed by atoms with Gasteiger partial charge >= 0.3 is 0 Å². The van der Waals surface area contributed by atoms with Gasteiger partial charge in [-0.2, -0.15) is 0 Å². The minimum atomic E-state index is 0.318. The zero-order chi connectivity index (χ0) is 10.8. The smallest absolute Gasteiger partial charge is 0.116 e. The molecule has 0 aliphatic carbocycles. The summed E-state index contributed by atoms with van der Waals surface area (Å²) in [6.45, 7) is 4.14. The second-order valence-electron chi connectivity index (χ2n) is 3.81. The third-order valence-corrected chi connectivity index (χ3v) is 2.66. The molecule has 0 heterocycles. The summed E-state index contributed by atoms with van der Waals surface area (Å²) in [4.78, 5) is 0. The van der Waals surface area contributed by atoms with Crippen molar-refractivity contribution in [1.82, 2.24) is 0 Å². The summed E-state index contributed by atoms with van der Waals surface area (Å²) < 4.78 is 0. The molecule has 0 saturated carbocycles. The van der Waals surface area contributed by atoms with E-state index in [1.54, 1.807) is 6.07 Å².